The van der Waals surface area contributed by atoms with Crippen molar-refractivity contribution >= 4 is 17.6 Å². The molecule has 0 saturated carbocycles. The Morgan fingerprint density at radius 1 is 1.19 bits per heavy atom. The van der Waals surface area contributed by atoms with E-state index in [-0.39, 0.29) is 18.4 Å². The Labute approximate surface area is 188 Å². The van der Waals surface area contributed by atoms with E-state index >= 15 is 0 Å². The van der Waals surface area contributed by atoms with Crippen molar-refractivity contribution < 1.29 is 18.7 Å². The molecule has 0 unspecified atom stereocenters. The second kappa shape index (κ2) is 10.5. The van der Waals surface area contributed by atoms with E-state index in [1.54, 1.807) is 24.1 Å². The minimum absolute atomic E-state index is 0.124. The van der Waals surface area contributed by atoms with Crippen molar-refractivity contribution in [1.29, 1.82) is 5.26 Å². The summed E-state index contributed by atoms with van der Waals surface area (Å²) in [5.41, 5.74) is 2.34. The number of aryl methyl sites for hydroxylation is 1. The molecule has 1 saturated heterocycles. The van der Waals surface area contributed by atoms with Gasteiger partial charge in [0.05, 0.1) is 12.1 Å². The quantitative estimate of drug-likeness (QED) is 0.631. The standard InChI is InChI=1S/C23H31N5O4/c1-16-6-7-20(32-16)23(30)27-11-9-26(10-12-27)15-21(29)25-22-19(14-24)17(2)18(3)28(22)8-5-13-31-4/h6-7H,5,8-13,15H2,1-4H3,(H,25,29). The minimum atomic E-state index is -0.173. The van der Waals surface area contributed by atoms with Crippen LogP contribution in [0.1, 0.15) is 39.6 Å². The molecule has 0 aliphatic carbocycles. The summed E-state index contributed by atoms with van der Waals surface area (Å²) in [5, 5.41) is 12.6. The Morgan fingerprint density at radius 2 is 1.91 bits per heavy atom. The molecule has 1 aliphatic rings. The summed E-state index contributed by atoms with van der Waals surface area (Å²) >= 11 is 0. The zero-order valence-electron chi connectivity index (χ0n) is 19.2. The summed E-state index contributed by atoms with van der Waals surface area (Å²) in [7, 11) is 1.65. The molecule has 3 rings (SSSR count). The van der Waals surface area contributed by atoms with E-state index in [4.69, 9.17) is 9.15 Å². The first-order valence-electron chi connectivity index (χ1n) is 10.8. The van der Waals surface area contributed by atoms with Crippen LogP contribution in [-0.2, 0) is 16.1 Å². The second-order valence-corrected chi connectivity index (χ2v) is 8.07. The van der Waals surface area contributed by atoms with E-state index in [9.17, 15) is 14.9 Å². The van der Waals surface area contributed by atoms with E-state index in [0.717, 1.165) is 17.7 Å². The van der Waals surface area contributed by atoms with Crippen LogP contribution >= 0.6 is 0 Å². The number of carbonyl (C=O) groups excluding carboxylic acids is 2. The van der Waals surface area contributed by atoms with Gasteiger partial charge in [-0.05, 0) is 44.9 Å². The van der Waals surface area contributed by atoms with Gasteiger partial charge in [0.15, 0.2) is 5.76 Å². The largest absolute Gasteiger partial charge is 0.456 e. The van der Waals surface area contributed by atoms with Crippen molar-refractivity contribution in [2.24, 2.45) is 0 Å². The highest BCUT2D eigenvalue weighted by Crippen LogP contribution is 2.26. The van der Waals surface area contributed by atoms with E-state index in [1.807, 2.05) is 30.2 Å². The van der Waals surface area contributed by atoms with Gasteiger partial charge in [-0.1, -0.05) is 0 Å². The van der Waals surface area contributed by atoms with Crippen molar-refractivity contribution in [2.45, 2.75) is 33.7 Å². The van der Waals surface area contributed by atoms with Crippen LogP contribution in [0, 0.1) is 32.1 Å². The summed E-state index contributed by atoms with van der Waals surface area (Å²) in [6, 6.07) is 5.69. The number of nitrogens with zero attached hydrogens (tertiary/aromatic N) is 4. The van der Waals surface area contributed by atoms with Crippen LogP contribution in [0.25, 0.3) is 0 Å². The van der Waals surface area contributed by atoms with E-state index in [1.165, 1.54) is 0 Å². The number of rotatable bonds is 8. The van der Waals surface area contributed by atoms with Crippen molar-refractivity contribution in [3.8, 4) is 6.07 Å². The number of carbonyl (C=O) groups is 2. The molecule has 2 aromatic heterocycles. The normalized spacial score (nSPS) is 14.4. The van der Waals surface area contributed by atoms with Crippen molar-refractivity contribution in [2.75, 3.05) is 51.8 Å². The molecule has 2 amide bonds. The first-order chi connectivity index (χ1) is 15.3. The van der Waals surface area contributed by atoms with Gasteiger partial charge >= 0.3 is 0 Å². The summed E-state index contributed by atoms with van der Waals surface area (Å²) in [4.78, 5) is 29.1. The third-order valence-electron chi connectivity index (χ3n) is 5.91. The molecule has 0 aromatic carbocycles. The topological polar surface area (TPSA) is 104 Å². The Balaban J connectivity index is 1.59. The molecule has 1 N–H and O–H groups in total. The van der Waals surface area contributed by atoms with Crippen molar-refractivity contribution in [3.63, 3.8) is 0 Å². The molecule has 172 valence electrons. The highest BCUT2D eigenvalue weighted by Gasteiger charge is 2.26. The molecule has 1 aliphatic heterocycles. The highest BCUT2D eigenvalue weighted by atomic mass is 16.5. The van der Waals surface area contributed by atoms with Gasteiger partial charge in [-0.3, -0.25) is 14.5 Å². The van der Waals surface area contributed by atoms with Crippen molar-refractivity contribution in [3.05, 3.63) is 40.5 Å². The van der Waals surface area contributed by atoms with E-state index in [2.05, 4.69) is 11.4 Å². The van der Waals surface area contributed by atoms with Gasteiger partial charge in [0.1, 0.15) is 17.6 Å². The zero-order chi connectivity index (χ0) is 23.3. The smallest absolute Gasteiger partial charge is 0.289 e. The summed E-state index contributed by atoms with van der Waals surface area (Å²) in [6.45, 7) is 9.37. The molecule has 2 aromatic rings. The number of nitrogens with one attached hydrogen (secondary N) is 1. The molecule has 0 bridgehead atoms. The van der Waals surface area contributed by atoms with E-state index < -0.39 is 0 Å². The number of hydrogen-bond acceptors (Lipinski definition) is 6. The molecule has 0 atom stereocenters. The number of anilines is 1. The van der Waals surface area contributed by atoms with Gasteiger partial charge in [0.2, 0.25) is 5.91 Å². The number of furan rings is 1. The fraction of sp³-hybridized carbons (Fsp3) is 0.522. The van der Waals surface area contributed by atoms with Crippen LogP contribution in [0.15, 0.2) is 16.5 Å². The van der Waals surface area contributed by atoms with Crippen LogP contribution < -0.4 is 5.32 Å². The molecule has 9 heteroatoms. The Bertz CT molecular complexity index is 1010. The Hall–Kier alpha value is -3.09. The van der Waals surface area contributed by atoms with Gasteiger partial charge in [-0.15, -0.1) is 0 Å². The molecule has 3 heterocycles. The number of hydrogen-bond donors (Lipinski definition) is 1. The SMILES string of the molecule is COCCCn1c(C)c(C)c(C#N)c1NC(=O)CN1CCN(C(=O)c2ccc(C)o2)CC1. The summed E-state index contributed by atoms with van der Waals surface area (Å²) < 4.78 is 12.5. The van der Waals surface area contributed by atoms with Crippen LogP contribution in [0.4, 0.5) is 5.82 Å². The number of nitriles is 1. The average Bonchev–Trinajstić information content (AvgIpc) is 3.30. The fourth-order valence-corrected chi connectivity index (χ4v) is 3.97. The van der Waals surface area contributed by atoms with Gasteiger partial charge in [-0.2, -0.15) is 5.26 Å². The maximum Gasteiger partial charge on any atom is 0.289 e. The number of methoxy groups -OCH3 is 1. The van der Waals surface area contributed by atoms with Crippen LogP contribution in [0.5, 0.6) is 0 Å². The third kappa shape index (κ3) is 5.21. The van der Waals surface area contributed by atoms with Crippen molar-refractivity contribution in [1.82, 2.24) is 14.4 Å². The van der Waals surface area contributed by atoms with E-state index in [0.29, 0.717) is 62.2 Å². The lowest BCUT2D eigenvalue weighted by atomic mass is 10.2. The highest BCUT2D eigenvalue weighted by molar-refractivity contribution is 5.93. The zero-order valence-corrected chi connectivity index (χ0v) is 19.2. The molecule has 9 nitrogen and oxygen atoms in total. The predicted molar refractivity (Wildman–Crippen MR) is 120 cm³/mol. The molecule has 0 spiro atoms. The monoisotopic (exact) mass is 441 g/mol. The number of ether oxygens (including phenoxy) is 1. The Kier molecular flexibility index (Phi) is 7.72. The minimum Gasteiger partial charge on any atom is -0.456 e. The lowest BCUT2D eigenvalue weighted by Crippen LogP contribution is -2.50. The van der Waals surface area contributed by atoms with Gasteiger partial charge in [-0.25, -0.2) is 0 Å². The second-order valence-electron chi connectivity index (χ2n) is 8.07. The van der Waals surface area contributed by atoms with Crippen LogP contribution in [-0.4, -0.2) is 72.6 Å². The lowest BCUT2D eigenvalue weighted by molar-refractivity contribution is -0.117. The van der Waals surface area contributed by atoms with Gasteiger partial charge in [0.25, 0.3) is 5.91 Å². The average molecular weight is 442 g/mol. The summed E-state index contributed by atoms with van der Waals surface area (Å²) in [6.07, 6.45) is 0.782. The fourth-order valence-electron chi connectivity index (χ4n) is 3.97. The van der Waals surface area contributed by atoms with Crippen LogP contribution in [0.2, 0.25) is 0 Å². The maximum absolute atomic E-state index is 12.8. The summed E-state index contributed by atoms with van der Waals surface area (Å²) in [5.74, 6) is 1.30. The number of aromatic nitrogens is 1. The van der Waals surface area contributed by atoms with Gasteiger partial charge < -0.3 is 23.9 Å². The first-order valence-corrected chi connectivity index (χ1v) is 10.8. The predicted octanol–water partition coefficient (Wildman–Crippen LogP) is 2.31. The maximum atomic E-state index is 12.8. The lowest BCUT2D eigenvalue weighted by Gasteiger charge is -2.33. The molecule has 1 fully saturated rings. The molecule has 32 heavy (non-hydrogen) atoms. The number of amides is 2. The van der Waals surface area contributed by atoms with Crippen LogP contribution in [0.3, 0.4) is 0 Å². The Morgan fingerprint density at radius 3 is 2.50 bits per heavy atom. The first kappa shape index (κ1) is 23.6. The molecular formula is C23H31N5O4. The number of piperazine rings is 1. The third-order valence-corrected chi connectivity index (χ3v) is 5.91. The molecular weight excluding hydrogens is 410 g/mol. The molecule has 0 radical (unpaired) electrons. The van der Waals surface area contributed by atoms with Gasteiger partial charge in [0, 0.05) is 52.1 Å².